The highest BCUT2D eigenvalue weighted by Crippen LogP contribution is 2.49. The second kappa shape index (κ2) is 16.1. The third-order valence-electron chi connectivity index (χ3n) is 14.0. The van der Waals surface area contributed by atoms with Crippen LogP contribution < -0.4 is 4.90 Å². The molecule has 8 aromatic rings. The number of benzene rings is 8. The molecular formula is C61H51N. The molecular weight excluding hydrogens is 747 g/mol. The van der Waals surface area contributed by atoms with E-state index in [1.165, 1.54) is 109 Å². The van der Waals surface area contributed by atoms with Crippen LogP contribution in [0.4, 0.5) is 17.1 Å². The highest BCUT2D eigenvalue weighted by atomic mass is 15.1. The minimum Gasteiger partial charge on any atom is -0.310 e. The van der Waals surface area contributed by atoms with Crippen molar-refractivity contribution in [1.82, 2.24) is 0 Å². The minimum atomic E-state index is -0.0409. The summed E-state index contributed by atoms with van der Waals surface area (Å²) in [4.78, 5) is 2.48. The first-order valence-electron chi connectivity index (χ1n) is 22.6. The summed E-state index contributed by atoms with van der Waals surface area (Å²) < 4.78 is 0. The second-order valence-electron chi connectivity index (χ2n) is 17.7. The maximum absolute atomic E-state index is 2.48. The van der Waals surface area contributed by atoms with Crippen LogP contribution in [0, 0.1) is 11.3 Å². The summed E-state index contributed by atoms with van der Waals surface area (Å²) in [5.41, 5.74) is 14.9. The van der Waals surface area contributed by atoms with E-state index in [-0.39, 0.29) is 5.41 Å². The highest BCUT2D eigenvalue weighted by Gasteiger charge is 2.36. The Kier molecular flexibility index (Phi) is 9.89. The monoisotopic (exact) mass is 797 g/mol. The molecule has 8 aromatic carbocycles. The highest BCUT2D eigenvalue weighted by molar-refractivity contribution is 6.04. The molecule has 11 rings (SSSR count). The van der Waals surface area contributed by atoms with E-state index in [4.69, 9.17) is 0 Å². The number of nitrogens with zero attached hydrogens (tertiary/aromatic N) is 1. The average molecular weight is 798 g/mol. The van der Waals surface area contributed by atoms with E-state index < -0.39 is 0 Å². The van der Waals surface area contributed by atoms with Gasteiger partial charge in [-0.1, -0.05) is 214 Å². The molecule has 2 atom stereocenters. The molecule has 300 valence electrons. The average Bonchev–Trinajstić information content (AvgIpc) is 3.34. The summed E-state index contributed by atoms with van der Waals surface area (Å²) >= 11 is 0. The summed E-state index contributed by atoms with van der Waals surface area (Å²) in [6.45, 7) is 2.36. The molecule has 0 spiro atoms. The summed E-state index contributed by atoms with van der Waals surface area (Å²) in [5, 5.41) is 5.23. The third kappa shape index (κ3) is 6.83. The molecule has 1 nitrogen and oxygen atoms in total. The first-order chi connectivity index (χ1) is 30.6. The molecule has 1 heteroatoms. The van der Waals surface area contributed by atoms with Crippen molar-refractivity contribution < 1.29 is 0 Å². The molecule has 1 fully saturated rings. The first-order valence-corrected chi connectivity index (χ1v) is 22.6. The minimum absolute atomic E-state index is 0.0409. The van der Waals surface area contributed by atoms with Crippen molar-refractivity contribution in [3.05, 3.63) is 230 Å². The van der Waals surface area contributed by atoms with Crippen LogP contribution in [0.25, 0.3) is 60.5 Å². The van der Waals surface area contributed by atoms with Crippen LogP contribution in [-0.2, 0) is 0 Å². The van der Waals surface area contributed by atoms with Gasteiger partial charge in [-0.25, -0.2) is 0 Å². The van der Waals surface area contributed by atoms with Gasteiger partial charge >= 0.3 is 0 Å². The van der Waals surface area contributed by atoms with E-state index in [9.17, 15) is 0 Å². The molecule has 0 radical (unpaired) electrons. The van der Waals surface area contributed by atoms with E-state index in [2.05, 4.69) is 230 Å². The van der Waals surface area contributed by atoms with Crippen molar-refractivity contribution in [1.29, 1.82) is 0 Å². The van der Waals surface area contributed by atoms with Crippen LogP contribution in [0.15, 0.2) is 218 Å². The fourth-order valence-electron chi connectivity index (χ4n) is 10.7. The van der Waals surface area contributed by atoms with E-state index in [0.29, 0.717) is 11.8 Å². The normalized spacial score (nSPS) is 18.5. The Hall–Kier alpha value is -6.96. The number of hydrogen-bond donors (Lipinski definition) is 0. The zero-order chi connectivity index (χ0) is 41.5. The molecule has 0 amide bonds. The topological polar surface area (TPSA) is 3.24 Å². The lowest BCUT2D eigenvalue weighted by molar-refractivity contribution is 0.445. The van der Waals surface area contributed by atoms with Crippen molar-refractivity contribution in [2.75, 3.05) is 4.90 Å². The quantitative estimate of drug-likeness (QED) is 0.148. The van der Waals surface area contributed by atoms with E-state index in [1.807, 2.05) is 0 Å². The molecule has 1 saturated carbocycles. The van der Waals surface area contributed by atoms with Gasteiger partial charge in [-0.2, -0.15) is 0 Å². The molecule has 2 unspecified atom stereocenters. The molecule has 0 aliphatic heterocycles. The number of allylic oxidation sites excluding steroid dienone is 8. The van der Waals surface area contributed by atoms with Gasteiger partial charge in [0.1, 0.15) is 0 Å². The van der Waals surface area contributed by atoms with Crippen molar-refractivity contribution in [2.24, 2.45) is 11.3 Å². The van der Waals surface area contributed by atoms with Gasteiger partial charge in [-0.3, -0.25) is 0 Å². The van der Waals surface area contributed by atoms with Crippen molar-refractivity contribution >= 4 is 44.2 Å². The predicted octanol–water partition coefficient (Wildman–Crippen LogP) is 17.2. The van der Waals surface area contributed by atoms with E-state index >= 15 is 0 Å². The van der Waals surface area contributed by atoms with E-state index in [0.717, 1.165) is 11.4 Å². The van der Waals surface area contributed by atoms with Gasteiger partial charge in [0.25, 0.3) is 0 Å². The SMILES string of the molecule is CC12C=CC=CC1C=CC=C2c1ccc(-c2ccc(N(c3cccc(-c4cccc5ccccc45)c3)c3ccccc3-c3cccc4cccc(C5CCCCC5)c34)cc2)cc1. The van der Waals surface area contributed by atoms with Gasteiger partial charge in [-0.05, 0) is 115 Å². The molecule has 3 aliphatic rings. The number of anilines is 3. The molecule has 0 aromatic heterocycles. The smallest absolute Gasteiger partial charge is 0.0540 e. The molecule has 0 N–H and O–H groups in total. The second-order valence-corrected chi connectivity index (χ2v) is 17.7. The van der Waals surface area contributed by atoms with Crippen LogP contribution in [0.5, 0.6) is 0 Å². The van der Waals surface area contributed by atoms with Crippen molar-refractivity contribution in [3.8, 4) is 33.4 Å². The zero-order valence-corrected chi connectivity index (χ0v) is 35.4. The number of hydrogen-bond acceptors (Lipinski definition) is 1. The Morgan fingerprint density at radius 2 is 1.13 bits per heavy atom. The summed E-state index contributed by atoms with van der Waals surface area (Å²) in [6, 6.07) is 65.8. The lowest BCUT2D eigenvalue weighted by atomic mass is 9.65. The number of para-hydroxylation sites is 1. The molecule has 0 bridgehead atoms. The summed E-state index contributed by atoms with van der Waals surface area (Å²) in [5.74, 6) is 0.966. The number of fused-ring (bicyclic) bond motifs is 3. The lowest BCUT2D eigenvalue weighted by Gasteiger charge is -2.38. The van der Waals surface area contributed by atoms with Crippen LogP contribution in [0.3, 0.4) is 0 Å². The Morgan fingerprint density at radius 3 is 1.97 bits per heavy atom. The van der Waals surface area contributed by atoms with Crippen LogP contribution >= 0.6 is 0 Å². The van der Waals surface area contributed by atoms with Crippen LogP contribution in [-0.4, -0.2) is 0 Å². The summed E-state index contributed by atoms with van der Waals surface area (Å²) in [6.07, 6.45) is 22.4. The molecule has 0 saturated heterocycles. The Labute approximate surface area is 366 Å². The molecule has 0 heterocycles. The van der Waals surface area contributed by atoms with Gasteiger partial charge in [0.2, 0.25) is 0 Å². The van der Waals surface area contributed by atoms with Crippen molar-refractivity contribution in [3.63, 3.8) is 0 Å². The third-order valence-corrected chi connectivity index (χ3v) is 14.0. The lowest BCUT2D eigenvalue weighted by Crippen LogP contribution is -2.27. The van der Waals surface area contributed by atoms with Gasteiger partial charge in [0.05, 0.1) is 5.69 Å². The van der Waals surface area contributed by atoms with Gasteiger partial charge < -0.3 is 4.90 Å². The van der Waals surface area contributed by atoms with Crippen LogP contribution in [0.1, 0.15) is 56.1 Å². The molecule has 3 aliphatic carbocycles. The zero-order valence-electron chi connectivity index (χ0n) is 35.4. The Balaban J connectivity index is 1.03. The standard InChI is InChI=1S/C61H51N/c1-61-41-10-9-23-50(61)24-15-31-58(61)47-35-33-43(34-36-47)44-37-39-51(40-38-44)62(52-25-11-22-49(42-52)54-28-12-19-45-18-5-6-26-53(45)54)59-32-8-7-27-56(59)57-30-14-21-48-20-13-29-55(60(48)57)46-16-3-2-4-17-46/h5-15,18-42,46,50H,2-4,16-17H2,1H3. The fraction of sp³-hybridized carbons (Fsp3) is 0.148. The number of rotatable bonds is 8. The fourth-order valence-corrected chi connectivity index (χ4v) is 10.7. The predicted molar refractivity (Wildman–Crippen MR) is 265 cm³/mol. The Morgan fingerprint density at radius 1 is 0.484 bits per heavy atom. The first kappa shape index (κ1) is 38.0. The Bertz CT molecular complexity index is 3050. The molecule has 62 heavy (non-hydrogen) atoms. The van der Waals surface area contributed by atoms with Gasteiger partial charge in [0, 0.05) is 28.3 Å². The van der Waals surface area contributed by atoms with Crippen LogP contribution in [0.2, 0.25) is 0 Å². The van der Waals surface area contributed by atoms with Gasteiger partial charge in [0.15, 0.2) is 0 Å². The van der Waals surface area contributed by atoms with E-state index in [1.54, 1.807) is 0 Å². The largest absolute Gasteiger partial charge is 0.310 e. The maximum Gasteiger partial charge on any atom is 0.0540 e. The van der Waals surface area contributed by atoms with Gasteiger partial charge in [-0.15, -0.1) is 0 Å². The van der Waals surface area contributed by atoms with Crippen molar-refractivity contribution in [2.45, 2.75) is 44.9 Å². The summed E-state index contributed by atoms with van der Waals surface area (Å²) in [7, 11) is 0. The maximum atomic E-state index is 2.48.